The van der Waals surface area contributed by atoms with E-state index in [0.717, 1.165) is 0 Å². The van der Waals surface area contributed by atoms with E-state index in [0.29, 0.717) is 13.0 Å². The summed E-state index contributed by atoms with van der Waals surface area (Å²) in [5.41, 5.74) is 3.85. The summed E-state index contributed by atoms with van der Waals surface area (Å²) in [7, 11) is 0. The van der Waals surface area contributed by atoms with Crippen molar-refractivity contribution in [3.8, 4) is 0 Å². The van der Waals surface area contributed by atoms with Crippen molar-refractivity contribution >= 4 is 29.5 Å². The van der Waals surface area contributed by atoms with Crippen molar-refractivity contribution in [1.29, 1.82) is 0 Å². The predicted octanol–water partition coefficient (Wildman–Crippen LogP) is 0.543. The number of rotatable bonds is 7. The molecule has 5 N–H and O–H groups in total. The summed E-state index contributed by atoms with van der Waals surface area (Å²) < 4.78 is 0. The van der Waals surface area contributed by atoms with Gasteiger partial charge in [-0.15, -0.1) is 0 Å². The highest BCUT2D eigenvalue weighted by Crippen LogP contribution is 2.33. The molecule has 32 heavy (non-hydrogen) atoms. The van der Waals surface area contributed by atoms with E-state index in [9.17, 15) is 24.0 Å². The van der Waals surface area contributed by atoms with Crippen LogP contribution >= 0.6 is 0 Å². The van der Waals surface area contributed by atoms with Gasteiger partial charge in [-0.2, -0.15) is 0 Å². The Morgan fingerprint density at radius 3 is 2.03 bits per heavy atom. The van der Waals surface area contributed by atoms with E-state index in [1.807, 2.05) is 55.4 Å². The second-order valence-electron chi connectivity index (χ2n) is 10.8. The molecule has 1 heterocycles. The number of carbonyl (C=O) groups excluding carboxylic acids is 5. The third kappa shape index (κ3) is 7.49. The van der Waals surface area contributed by atoms with Gasteiger partial charge in [-0.05, 0) is 44.4 Å². The molecule has 1 saturated heterocycles. The summed E-state index contributed by atoms with van der Waals surface area (Å²) in [4.78, 5) is 63.1. The first-order valence-corrected chi connectivity index (χ1v) is 10.9. The zero-order valence-corrected chi connectivity index (χ0v) is 20.5. The lowest BCUT2D eigenvalue weighted by molar-refractivity contribution is -0.143. The number of hydrogen-bond donors (Lipinski definition) is 4. The van der Waals surface area contributed by atoms with E-state index in [-0.39, 0.29) is 17.7 Å². The van der Waals surface area contributed by atoms with E-state index in [2.05, 4.69) is 16.0 Å². The highest BCUT2D eigenvalue weighted by Gasteiger charge is 2.47. The maximum Gasteiger partial charge on any atom is 0.315 e. The van der Waals surface area contributed by atoms with Gasteiger partial charge in [-0.25, -0.2) is 4.79 Å². The fraction of sp³-hybridized carbons (Fsp3) is 0.773. The Labute approximate surface area is 190 Å². The lowest BCUT2D eigenvalue weighted by Gasteiger charge is -2.37. The average molecular weight is 454 g/mol. The van der Waals surface area contributed by atoms with Crippen LogP contribution in [-0.2, 0) is 19.2 Å². The number of ketones is 1. The average Bonchev–Trinajstić information content (AvgIpc) is 3.06. The molecule has 0 bridgehead atoms. The quantitative estimate of drug-likeness (QED) is 0.415. The molecule has 1 aliphatic rings. The van der Waals surface area contributed by atoms with Crippen LogP contribution in [0.4, 0.5) is 4.79 Å². The Balaban J connectivity index is 3.15. The lowest BCUT2D eigenvalue weighted by atomic mass is 9.84. The van der Waals surface area contributed by atoms with Gasteiger partial charge in [-0.3, -0.25) is 19.2 Å². The van der Waals surface area contributed by atoms with Crippen molar-refractivity contribution in [2.45, 2.75) is 79.4 Å². The molecule has 0 saturated carbocycles. The number of carbonyl (C=O) groups is 5. The molecule has 0 spiro atoms. The number of nitrogens with two attached hydrogens (primary N) is 1. The van der Waals surface area contributed by atoms with E-state index in [4.69, 9.17) is 5.73 Å². The van der Waals surface area contributed by atoms with Gasteiger partial charge in [0.05, 0.1) is 6.54 Å². The molecule has 0 aromatic heterocycles. The topological polar surface area (TPSA) is 151 Å². The van der Waals surface area contributed by atoms with Gasteiger partial charge in [0.25, 0.3) is 5.91 Å². The van der Waals surface area contributed by atoms with Crippen LogP contribution in [0.15, 0.2) is 0 Å². The number of nitrogens with zero attached hydrogens (tertiary/aromatic N) is 1. The van der Waals surface area contributed by atoms with Gasteiger partial charge >= 0.3 is 6.03 Å². The number of primary amides is 1. The molecule has 0 radical (unpaired) electrons. The second kappa shape index (κ2) is 10.3. The molecule has 1 aliphatic heterocycles. The van der Waals surface area contributed by atoms with E-state index in [1.54, 1.807) is 0 Å². The highest BCUT2D eigenvalue weighted by molar-refractivity contribution is 6.36. The van der Waals surface area contributed by atoms with Crippen molar-refractivity contribution in [2.24, 2.45) is 23.0 Å². The molecule has 0 aliphatic carbocycles. The van der Waals surface area contributed by atoms with Crippen LogP contribution in [0.25, 0.3) is 0 Å². The Bertz CT molecular complexity index is 751. The number of likely N-dealkylation sites (tertiary alicyclic amines) is 1. The zero-order valence-electron chi connectivity index (χ0n) is 20.5. The number of nitrogens with one attached hydrogen (secondary N) is 3. The van der Waals surface area contributed by atoms with Gasteiger partial charge in [0.2, 0.25) is 17.6 Å². The Morgan fingerprint density at radius 2 is 1.59 bits per heavy atom. The van der Waals surface area contributed by atoms with E-state index in [1.165, 1.54) is 4.90 Å². The number of hydrogen-bond acceptors (Lipinski definition) is 5. The third-order valence-electron chi connectivity index (χ3n) is 5.43. The van der Waals surface area contributed by atoms with Crippen LogP contribution in [0, 0.1) is 17.3 Å². The molecule has 1 rings (SSSR count). The molecule has 10 heteroatoms. The van der Waals surface area contributed by atoms with E-state index >= 15 is 0 Å². The molecule has 1 unspecified atom stereocenters. The van der Waals surface area contributed by atoms with Crippen LogP contribution in [0.2, 0.25) is 0 Å². The van der Waals surface area contributed by atoms with Gasteiger partial charge in [0, 0.05) is 12.1 Å². The van der Waals surface area contributed by atoms with Gasteiger partial charge < -0.3 is 26.6 Å². The minimum absolute atomic E-state index is 0.0978. The first kappa shape index (κ1) is 27.4. The maximum atomic E-state index is 13.6. The minimum atomic E-state index is -1.13. The summed E-state index contributed by atoms with van der Waals surface area (Å²) >= 11 is 0. The largest absolute Gasteiger partial charge is 0.363 e. The van der Waals surface area contributed by atoms with Gasteiger partial charge in [0.15, 0.2) is 0 Å². The van der Waals surface area contributed by atoms with Crippen molar-refractivity contribution < 1.29 is 24.0 Å². The fourth-order valence-corrected chi connectivity index (χ4v) is 3.78. The van der Waals surface area contributed by atoms with Crippen molar-refractivity contribution in [3.63, 3.8) is 0 Å². The number of Topliss-reactive ketones (excluding diaryl/α,β-unsaturated/α-hetero) is 1. The Kier molecular flexibility index (Phi) is 8.82. The maximum absolute atomic E-state index is 13.6. The van der Waals surface area contributed by atoms with Crippen LogP contribution < -0.4 is 21.7 Å². The molecule has 3 atom stereocenters. The second-order valence-corrected chi connectivity index (χ2v) is 10.8. The lowest BCUT2D eigenvalue weighted by Crippen LogP contribution is -2.61. The van der Waals surface area contributed by atoms with Crippen LogP contribution in [-0.4, -0.2) is 65.1 Å². The summed E-state index contributed by atoms with van der Waals surface area (Å²) in [6.07, 6.45) is 0.607. The molecule has 1 fully saturated rings. The first-order chi connectivity index (χ1) is 14.5. The smallest absolute Gasteiger partial charge is 0.315 e. The van der Waals surface area contributed by atoms with Crippen molar-refractivity contribution in [3.05, 3.63) is 0 Å². The van der Waals surface area contributed by atoms with Crippen LogP contribution in [0.3, 0.4) is 0 Å². The van der Waals surface area contributed by atoms with E-state index < -0.39 is 53.2 Å². The van der Waals surface area contributed by atoms with Gasteiger partial charge in [0.1, 0.15) is 12.1 Å². The summed E-state index contributed by atoms with van der Waals surface area (Å²) in [6.45, 7) is 14.8. The SMILES string of the molecule is CC(C)C1CCN(C(=O)[C@@H](NC(=O)NC(C)(C)C)C(C)(C)C)[C@@H]1C(=O)NCC(=O)C(N)=O. The normalized spacial score (nSPS) is 20.0. The minimum Gasteiger partial charge on any atom is -0.363 e. The van der Waals surface area contributed by atoms with Crippen LogP contribution in [0.1, 0.15) is 61.8 Å². The molecular weight excluding hydrogens is 414 g/mol. The van der Waals surface area contributed by atoms with Crippen molar-refractivity contribution in [2.75, 3.05) is 13.1 Å². The third-order valence-corrected chi connectivity index (χ3v) is 5.43. The number of amides is 5. The molecule has 0 aromatic carbocycles. The monoisotopic (exact) mass is 453 g/mol. The van der Waals surface area contributed by atoms with Crippen LogP contribution in [0.5, 0.6) is 0 Å². The summed E-state index contributed by atoms with van der Waals surface area (Å²) in [5, 5.41) is 8.00. The molecule has 10 nitrogen and oxygen atoms in total. The standard InChI is InChI=1S/C22H39N5O5/c1-12(2)13-9-10-27(15(13)18(30)24-11-14(28)17(23)29)19(31)16(21(3,4)5)25-20(32)26-22(6,7)8/h12-13,15-16H,9-11H2,1-8H3,(H2,23,29)(H,24,30)(H2,25,26,32)/t13?,15-,16+/m0/s1. The summed E-state index contributed by atoms with van der Waals surface area (Å²) in [5.74, 6) is -2.97. The predicted molar refractivity (Wildman–Crippen MR) is 120 cm³/mol. The zero-order chi connectivity index (χ0) is 25.0. The highest BCUT2D eigenvalue weighted by atomic mass is 16.2. The number of urea groups is 1. The van der Waals surface area contributed by atoms with Crippen molar-refractivity contribution in [1.82, 2.24) is 20.9 Å². The molecule has 0 aromatic rings. The molecular formula is C22H39N5O5. The fourth-order valence-electron chi connectivity index (χ4n) is 3.78. The molecule has 5 amide bonds. The first-order valence-electron chi connectivity index (χ1n) is 10.9. The molecule has 182 valence electrons. The summed E-state index contributed by atoms with van der Waals surface area (Å²) in [6, 6.07) is -2.17. The Hall–Kier alpha value is -2.65. The van der Waals surface area contributed by atoms with Gasteiger partial charge in [-0.1, -0.05) is 34.6 Å². The Morgan fingerprint density at radius 1 is 1.03 bits per heavy atom.